The Morgan fingerprint density at radius 3 is 2.36 bits per heavy atom. The first-order valence-corrected chi connectivity index (χ1v) is 9.82. The highest BCUT2D eigenvalue weighted by molar-refractivity contribution is 7.99. The lowest BCUT2D eigenvalue weighted by molar-refractivity contribution is 0.102. The lowest BCUT2D eigenvalue weighted by atomic mass is 10.2. The van der Waals surface area contributed by atoms with Crippen LogP contribution < -0.4 is 10.2 Å². The van der Waals surface area contributed by atoms with Crippen LogP contribution in [0.25, 0.3) is 0 Å². The fraction of sp³-hybridized carbons (Fsp3) is 0.381. The quantitative estimate of drug-likeness (QED) is 0.741. The molecule has 0 aliphatic carbocycles. The van der Waals surface area contributed by atoms with E-state index >= 15 is 0 Å². The van der Waals surface area contributed by atoms with Gasteiger partial charge in [0, 0.05) is 40.2 Å². The first-order chi connectivity index (χ1) is 12.0. The summed E-state index contributed by atoms with van der Waals surface area (Å²) >= 11 is 1.80. The number of hydrogen-bond donors (Lipinski definition) is 1. The molecule has 2 aromatic carbocycles. The number of anilines is 2. The van der Waals surface area contributed by atoms with Crippen LogP contribution in [0.5, 0.6) is 0 Å². The van der Waals surface area contributed by atoms with Gasteiger partial charge < -0.3 is 10.2 Å². The summed E-state index contributed by atoms with van der Waals surface area (Å²) in [7, 11) is 0. The van der Waals surface area contributed by atoms with E-state index in [0.717, 1.165) is 24.7 Å². The molecule has 0 bridgehead atoms. The van der Waals surface area contributed by atoms with Crippen LogP contribution in [0, 0.1) is 5.92 Å². The second kappa shape index (κ2) is 7.96. The highest BCUT2D eigenvalue weighted by Crippen LogP contribution is 2.25. The van der Waals surface area contributed by atoms with Gasteiger partial charge in [-0.05, 0) is 60.9 Å². The standard InChI is InChI=1S/C21H26N2OS/c1-15(2)25-20-10-4-17(5-11-20)21(24)22-18-6-8-19(9-7-18)23-13-12-16(3)14-23/h4-11,15-16H,12-14H2,1-3H3,(H,22,24). The molecule has 1 amide bonds. The van der Waals surface area contributed by atoms with Crippen molar-refractivity contribution in [1.82, 2.24) is 0 Å². The van der Waals surface area contributed by atoms with Crippen LogP contribution in [0.3, 0.4) is 0 Å². The lowest BCUT2D eigenvalue weighted by Crippen LogP contribution is -2.19. The Morgan fingerprint density at radius 1 is 1.12 bits per heavy atom. The fourth-order valence-corrected chi connectivity index (χ4v) is 3.92. The van der Waals surface area contributed by atoms with E-state index in [-0.39, 0.29) is 5.91 Å². The Labute approximate surface area is 154 Å². The smallest absolute Gasteiger partial charge is 0.255 e. The van der Waals surface area contributed by atoms with E-state index in [9.17, 15) is 4.79 Å². The van der Waals surface area contributed by atoms with Crippen LogP contribution in [0.1, 0.15) is 37.6 Å². The molecule has 0 spiro atoms. The second-order valence-electron chi connectivity index (χ2n) is 7.03. The summed E-state index contributed by atoms with van der Waals surface area (Å²) in [4.78, 5) is 16.0. The van der Waals surface area contributed by atoms with Gasteiger partial charge in [0.1, 0.15) is 0 Å². The molecule has 25 heavy (non-hydrogen) atoms. The highest BCUT2D eigenvalue weighted by atomic mass is 32.2. The Morgan fingerprint density at radius 2 is 1.80 bits per heavy atom. The number of nitrogens with zero attached hydrogens (tertiary/aromatic N) is 1. The fourth-order valence-electron chi connectivity index (χ4n) is 3.09. The lowest BCUT2D eigenvalue weighted by Gasteiger charge is -2.18. The molecule has 0 radical (unpaired) electrons. The first-order valence-electron chi connectivity index (χ1n) is 8.94. The first kappa shape index (κ1) is 17.9. The topological polar surface area (TPSA) is 32.3 Å². The third-order valence-corrected chi connectivity index (χ3v) is 5.42. The number of thioether (sulfide) groups is 1. The molecular weight excluding hydrogens is 328 g/mol. The summed E-state index contributed by atoms with van der Waals surface area (Å²) < 4.78 is 0. The zero-order valence-electron chi connectivity index (χ0n) is 15.2. The molecule has 1 fully saturated rings. The number of carbonyl (C=O) groups excluding carboxylic acids is 1. The number of carbonyl (C=O) groups is 1. The number of benzene rings is 2. The van der Waals surface area contributed by atoms with Crippen molar-refractivity contribution in [1.29, 1.82) is 0 Å². The predicted molar refractivity (Wildman–Crippen MR) is 108 cm³/mol. The van der Waals surface area contributed by atoms with Crippen LogP contribution >= 0.6 is 11.8 Å². The molecule has 1 atom stereocenters. The van der Waals surface area contributed by atoms with Gasteiger partial charge in [-0.3, -0.25) is 4.79 Å². The van der Waals surface area contributed by atoms with E-state index in [1.54, 1.807) is 11.8 Å². The number of hydrogen-bond acceptors (Lipinski definition) is 3. The number of amides is 1. The summed E-state index contributed by atoms with van der Waals surface area (Å²) in [5.41, 5.74) is 2.75. The van der Waals surface area contributed by atoms with Crippen LogP contribution in [0.4, 0.5) is 11.4 Å². The molecule has 3 rings (SSSR count). The molecule has 0 aromatic heterocycles. The molecule has 1 aliphatic rings. The molecule has 1 heterocycles. The second-order valence-corrected chi connectivity index (χ2v) is 8.68. The number of nitrogens with one attached hydrogen (secondary N) is 1. The summed E-state index contributed by atoms with van der Waals surface area (Å²) in [5, 5.41) is 3.52. The van der Waals surface area contributed by atoms with Gasteiger partial charge in [0.2, 0.25) is 0 Å². The maximum absolute atomic E-state index is 12.4. The summed E-state index contributed by atoms with van der Waals surface area (Å²) in [6.07, 6.45) is 1.25. The van der Waals surface area contributed by atoms with Crippen molar-refractivity contribution < 1.29 is 4.79 Å². The molecule has 1 saturated heterocycles. The van der Waals surface area contributed by atoms with Gasteiger partial charge in [0.25, 0.3) is 5.91 Å². The van der Waals surface area contributed by atoms with E-state index in [4.69, 9.17) is 0 Å². The van der Waals surface area contributed by atoms with Crippen molar-refractivity contribution in [2.75, 3.05) is 23.3 Å². The van der Waals surface area contributed by atoms with E-state index in [1.807, 2.05) is 36.4 Å². The van der Waals surface area contributed by atoms with Crippen molar-refractivity contribution in [2.45, 2.75) is 37.3 Å². The van der Waals surface area contributed by atoms with E-state index in [2.05, 4.69) is 43.1 Å². The van der Waals surface area contributed by atoms with Crippen LogP contribution in [-0.4, -0.2) is 24.2 Å². The summed E-state index contributed by atoms with van der Waals surface area (Å²) in [6.45, 7) is 8.86. The molecule has 0 saturated carbocycles. The van der Waals surface area contributed by atoms with Crippen molar-refractivity contribution in [2.24, 2.45) is 5.92 Å². The zero-order chi connectivity index (χ0) is 17.8. The predicted octanol–water partition coefficient (Wildman–Crippen LogP) is 5.29. The van der Waals surface area contributed by atoms with Gasteiger partial charge in [-0.15, -0.1) is 11.8 Å². The molecule has 2 aromatic rings. The zero-order valence-corrected chi connectivity index (χ0v) is 16.0. The maximum atomic E-state index is 12.4. The maximum Gasteiger partial charge on any atom is 0.255 e. The van der Waals surface area contributed by atoms with E-state index in [1.165, 1.54) is 17.0 Å². The molecule has 4 heteroatoms. The minimum atomic E-state index is -0.0661. The minimum absolute atomic E-state index is 0.0661. The van der Waals surface area contributed by atoms with Crippen LogP contribution in [-0.2, 0) is 0 Å². The third-order valence-electron chi connectivity index (χ3n) is 4.40. The normalized spacial score (nSPS) is 17.1. The summed E-state index contributed by atoms with van der Waals surface area (Å²) in [6, 6.07) is 16.0. The van der Waals surface area contributed by atoms with Gasteiger partial charge in [-0.1, -0.05) is 20.8 Å². The molecular formula is C21H26N2OS. The van der Waals surface area contributed by atoms with Gasteiger partial charge in [0.15, 0.2) is 0 Å². The molecule has 1 aliphatic heterocycles. The third kappa shape index (κ3) is 4.79. The molecule has 1 unspecified atom stereocenters. The summed E-state index contributed by atoms with van der Waals surface area (Å²) in [5.74, 6) is 0.694. The van der Waals surface area contributed by atoms with E-state index < -0.39 is 0 Å². The Hall–Kier alpha value is -1.94. The molecule has 1 N–H and O–H groups in total. The van der Waals surface area contributed by atoms with Gasteiger partial charge >= 0.3 is 0 Å². The van der Waals surface area contributed by atoms with Crippen molar-refractivity contribution in [3.63, 3.8) is 0 Å². The number of rotatable bonds is 5. The molecule has 3 nitrogen and oxygen atoms in total. The van der Waals surface area contributed by atoms with Crippen molar-refractivity contribution >= 4 is 29.0 Å². The largest absolute Gasteiger partial charge is 0.371 e. The van der Waals surface area contributed by atoms with Crippen LogP contribution in [0.2, 0.25) is 0 Å². The van der Waals surface area contributed by atoms with Crippen molar-refractivity contribution in [3.05, 3.63) is 54.1 Å². The molecule has 132 valence electrons. The van der Waals surface area contributed by atoms with Gasteiger partial charge in [-0.25, -0.2) is 0 Å². The van der Waals surface area contributed by atoms with Gasteiger partial charge in [-0.2, -0.15) is 0 Å². The highest BCUT2D eigenvalue weighted by Gasteiger charge is 2.18. The van der Waals surface area contributed by atoms with Gasteiger partial charge in [0.05, 0.1) is 0 Å². The van der Waals surface area contributed by atoms with Crippen molar-refractivity contribution in [3.8, 4) is 0 Å². The van der Waals surface area contributed by atoms with Crippen LogP contribution in [0.15, 0.2) is 53.4 Å². The average molecular weight is 355 g/mol. The Balaban J connectivity index is 1.60. The Bertz CT molecular complexity index is 710. The average Bonchev–Trinajstić information content (AvgIpc) is 3.02. The Kier molecular flexibility index (Phi) is 5.69. The van der Waals surface area contributed by atoms with E-state index in [0.29, 0.717) is 10.8 Å². The minimum Gasteiger partial charge on any atom is -0.371 e. The monoisotopic (exact) mass is 354 g/mol. The SMILES string of the molecule is CC1CCN(c2ccc(NC(=O)c3ccc(SC(C)C)cc3)cc2)C1.